The molecule has 3 rings (SSSR count). The van der Waals surface area contributed by atoms with Crippen molar-refractivity contribution in [2.24, 2.45) is 0 Å². The van der Waals surface area contributed by atoms with Gasteiger partial charge in [0.05, 0.1) is 7.11 Å². The second-order valence-corrected chi connectivity index (χ2v) is 6.28. The maximum absolute atomic E-state index is 11.4. The van der Waals surface area contributed by atoms with E-state index in [0.29, 0.717) is 30.3 Å². The molecule has 0 aliphatic rings. The van der Waals surface area contributed by atoms with E-state index in [1.165, 1.54) is 13.2 Å². The van der Waals surface area contributed by atoms with E-state index >= 15 is 0 Å². The molecule has 5 nitrogen and oxygen atoms in total. The lowest BCUT2D eigenvalue weighted by atomic mass is 10.1. The van der Waals surface area contributed by atoms with Gasteiger partial charge in [-0.3, -0.25) is 0 Å². The molecule has 3 aromatic carbocycles. The number of benzene rings is 3. The molecule has 0 aliphatic carbocycles. The summed E-state index contributed by atoms with van der Waals surface area (Å²) in [5.74, 6) is -0.212. The Hall–Kier alpha value is -3.73. The van der Waals surface area contributed by atoms with Crippen molar-refractivity contribution in [3.8, 4) is 11.5 Å². The van der Waals surface area contributed by atoms with Crippen molar-refractivity contribution in [2.75, 3.05) is 7.11 Å². The van der Waals surface area contributed by atoms with Gasteiger partial charge >= 0.3 is 5.97 Å². The van der Waals surface area contributed by atoms with Gasteiger partial charge in [-0.1, -0.05) is 66.7 Å². The van der Waals surface area contributed by atoms with E-state index in [-0.39, 0.29) is 0 Å². The van der Waals surface area contributed by atoms with Gasteiger partial charge in [-0.25, -0.2) is 4.79 Å². The van der Waals surface area contributed by atoms with Gasteiger partial charge in [0.2, 0.25) is 5.76 Å². The van der Waals surface area contributed by atoms with E-state index < -0.39 is 11.7 Å². The summed E-state index contributed by atoms with van der Waals surface area (Å²) in [4.78, 5) is 11.4. The lowest BCUT2D eigenvalue weighted by molar-refractivity contribution is -0.138. The first-order chi connectivity index (χ1) is 14.2. The topological polar surface area (TPSA) is 65.0 Å². The molecule has 0 fully saturated rings. The summed E-state index contributed by atoms with van der Waals surface area (Å²) in [6, 6.07) is 24.8. The largest absolute Gasteiger partial charge is 0.502 e. The maximum Gasteiger partial charge on any atom is 0.373 e. The van der Waals surface area contributed by atoms with Gasteiger partial charge in [-0.2, -0.15) is 0 Å². The normalized spacial score (nSPS) is 11.0. The number of rotatable bonds is 8. The average molecular weight is 390 g/mol. The van der Waals surface area contributed by atoms with Crippen molar-refractivity contribution in [3.05, 3.63) is 101 Å². The Labute approximate surface area is 169 Å². The summed E-state index contributed by atoms with van der Waals surface area (Å²) in [6.45, 7) is 0.754. The molecule has 0 saturated carbocycles. The molecule has 0 aliphatic heterocycles. The fraction of sp³-hybridized carbons (Fsp3) is 0.125. The van der Waals surface area contributed by atoms with Crippen molar-refractivity contribution >= 4 is 12.0 Å². The lowest BCUT2D eigenvalue weighted by Crippen LogP contribution is -2.04. The molecule has 0 atom stereocenters. The Morgan fingerprint density at radius 1 is 0.828 bits per heavy atom. The Morgan fingerprint density at radius 3 is 1.93 bits per heavy atom. The molecule has 0 amide bonds. The second kappa shape index (κ2) is 9.99. The first-order valence-corrected chi connectivity index (χ1v) is 9.12. The van der Waals surface area contributed by atoms with E-state index in [0.717, 1.165) is 11.1 Å². The third-order valence-corrected chi connectivity index (χ3v) is 4.14. The molecule has 148 valence electrons. The molecule has 0 saturated heterocycles. The van der Waals surface area contributed by atoms with Crippen molar-refractivity contribution in [1.82, 2.24) is 0 Å². The van der Waals surface area contributed by atoms with Crippen LogP contribution >= 0.6 is 0 Å². The molecule has 5 heteroatoms. The van der Waals surface area contributed by atoms with E-state index in [1.54, 1.807) is 18.2 Å². The SMILES string of the molecule is COC(=O)C(O)=Cc1ccc(OCc2ccccc2)c(OCc2ccccc2)c1. The first kappa shape index (κ1) is 20.0. The van der Waals surface area contributed by atoms with Gasteiger partial charge in [-0.15, -0.1) is 0 Å². The number of aliphatic hydroxyl groups is 1. The minimum atomic E-state index is -0.804. The van der Waals surface area contributed by atoms with Gasteiger partial charge < -0.3 is 19.3 Å². The van der Waals surface area contributed by atoms with E-state index in [1.807, 2.05) is 60.7 Å². The van der Waals surface area contributed by atoms with Gasteiger partial charge in [0.25, 0.3) is 0 Å². The number of aliphatic hydroxyl groups excluding tert-OH is 1. The van der Waals surface area contributed by atoms with E-state index in [4.69, 9.17) is 9.47 Å². The zero-order valence-corrected chi connectivity index (χ0v) is 16.1. The van der Waals surface area contributed by atoms with Crippen molar-refractivity contribution in [3.63, 3.8) is 0 Å². The Bertz CT molecular complexity index is 965. The average Bonchev–Trinajstić information content (AvgIpc) is 2.77. The van der Waals surface area contributed by atoms with Gasteiger partial charge in [0, 0.05) is 0 Å². The van der Waals surface area contributed by atoms with Crippen molar-refractivity contribution in [1.29, 1.82) is 0 Å². The molecular formula is C24H22O5. The number of carbonyl (C=O) groups is 1. The van der Waals surface area contributed by atoms with Gasteiger partial charge in [0.15, 0.2) is 11.5 Å². The van der Waals surface area contributed by atoms with E-state index in [2.05, 4.69) is 4.74 Å². The van der Waals surface area contributed by atoms with Crippen LogP contribution < -0.4 is 9.47 Å². The standard InChI is InChI=1S/C24H22O5/c1-27-24(26)21(25)14-20-12-13-22(28-16-18-8-4-2-5-9-18)23(15-20)29-17-19-10-6-3-7-11-19/h2-15,25H,16-17H2,1H3. The molecule has 3 aromatic rings. The number of carbonyl (C=O) groups excluding carboxylic acids is 1. The minimum absolute atomic E-state index is 0.360. The number of methoxy groups -OCH3 is 1. The monoisotopic (exact) mass is 390 g/mol. The Kier molecular flexibility index (Phi) is 6.90. The van der Waals surface area contributed by atoms with Crippen LogP contribution in [0.3, 0.4) is 0 Å². The van der Waals surface area contributed by atoms with Gasteiger partial charge in [0.1, 0.15) is 13.2 Å². The molecule has 0 aromatic heterocycles. The highest BCUT2D eigenvalue weighted by Crippen LogP contribution is 2.31. The van der Waals surface area contributed by atoms with Crippen LogP contribution in [0.25, 0.3) is 6.08 Å². The van der Waals surface area contributed by atoms with Gasteiger partial charge in [-0.05, 0) is 34.9 Å². The minimum Gasteiger partial charge on any atom is -0.502 e. The molecule has 0 unspecified atom stereocenters. The Morgan fingerprint density at radius 2 is 1.38 bits per heavy atom. The summed E-state index contributed by atoms with van der Waals surface area (Å²) in [6.07, 6.45) is 1.32. The zero-order valence-electron chi connectivity index (χ0n) is 16.1. The predicted octanol–water partition coefficient (Wildman–Crippen LogP) is 4.92. The van der Waals surface area contributed by atoms with Crippen LogP contribution in [-0.4, -0.2) is 18.2 Å². The maximum atomic E-state index is 11.4. The zero-order chi connectivity index (χ0) is 20.5. The number of hydrogen-bond acceptors (Lipinski definition) is 5. The van der Waals surface area contributed by atoms with Crippen LogP contribution in [0.15, 0.2) is 84.6 Å². The summed E-state index contributed by atoms with van der Waals surface area (Å²) in [7, 11) is 1.21. The smallest absolute Gasteiger partial charge is 0.373 e. The molecule has 0 bridgehead atoms. The molecule has 29 heavy (non-hydrogen) atoms. The first-order valence-electron chi connectivity index (χ1n) is 9.12. The molecule has 0 spiro atoms. The van der Waals surface area contributed by atoms with E-state index in [9.17, 15) is 9.90 Å². The quantitative estimate of drug-likeness (QED) is 0.336. The lowest BCUT2D eigenvalue weighted by Gasteiger charge is -2.14. The fourth-order valence-electron chi connectivity index (χ4n) is 2.64. The van der Waals surface area contributed by atoms with Crippen LogP contribution in [-0.2, 0) is 22.7 Å². The summed E-state index contributed by atoms with van der Waals surface area (Å²) >= 11 is 0. The molecule has 1 N–H and O–H groups in total. The van der Waals surface area contributed by atoms with Crippen LogP contribution in [0.2, 0.25) is 0 Å². The molecular weight excluding hydrogens is 368 g/mol. The highest BCUT2D eigenvalue weighted by molar-refractivity contribution is 5.90. The predicted molar refractivity (Wildman–Crippen MR) is 111 cm³/mol. The summed E-state index contributed by atoms with van der Waals surface area (Å²) in [5.41, 5.74) is 2.64. The fourth-order valence-corrected chi connectivity index (χ4v) is 2.64. The van der Waals surface area contributed by atoms with Crippen LogP contribution in [0.4, 0.5) is 0 Å². The number of ether oxygens (including phenoxy) is 3. The molecule has 0 radical (unpaired) electrons. The third kappa shape index (κ3) is 5.87. The van der Waals surface area contributed by atoms with Crippen molar-refractivity contribution < 1.29 is 24.1 Å². The van der Waals surface area contributed by atoms with Crippen LogP contribution in [0.5, 0.6) is 11.5 Å². The van der Waals surface area contributed by atoms with Crippen LogP contribution in [0, 0.1) is 0 Å². The third-order valence-electron chi connectivity index (χ3n) is 4.14. The highest BCUT2D eigenvalue weighted by Gasteiger charge is 2.11. The summed E-state index contributed by atoms with van der Waals surface area (Å²) in [5, 5.41) is 9.81. The second-order valence-electron chi connectivity index (χ2n) is 6.28. The molecule has 0 heterocycles. The highest BCUT2D eigenvalue weighted by atomic mass is 16.5. The van der Waals surface area contributed by atoms with Crippen LogP contribution in [0.1, 0.15) is 16.7 Å². The Balaban J connectivity index is 1.82. The van der Waals surface area contributed by atoms with Crippen molar-refractivity contribution in [2.45, 2.75) is 13.2 Å². The number of hydrogen-bond donors (Lipinski definition) is 1. The summed E-state index contributed by atoms with van der Waals surface area (Å²) < 4.78 is 16.4. The number of esters is 1.